The zero-order valence-corrected chi connectivity index (χ0v) is 17.0. The Labute approximate surface area is 172 Å². The van der Waals surface area contributed by atoms with Gasteiger partial charge in [-0.25, -0.2) is 0 Å². The summed E-state index contributed by atoms with van der Waals surface area (Å²) >= 11 is 0. The number of hydrogen-bond donors (Lipinski definition) is 0. The topological polar surface area (TPSA) is 0 Å². The minimum Gasteiger partial charge on any atom is -0.0683 e. The van der Waals surface area contributed by atoms with Crippen molar-refractivity contribution < 1.29 is 0 Å². The van der Waals surface area contributed by atoms with E-state index in [4.69, 9.17) is 0 Å². The zero-order valence-electron chi connectivity index (χ0n) is 17.0. The van der Waals surface area contributed by atoms with Crippen molar-refractivity contribution in [3.63, 3.8) is 0 Å². The van der Waals surface area contributed by atoms with E-state index in [2.05, 4.69) is 72.8 Å². The van der Waals surface area contributed by atoms with Gasteiger partial charge in [0.15, 0.2) is 0 Å². The van der Waals surface area contributed by atoms with Gasteiger partial charge in [0.1, 0.15) is 0 Å². The van der Waals surface area contributed by atoms with Gasteiger partial charge in [-0.2, -0.15) is 0 Å². The molecule has 0 heteroatoms. The molecule has 0 aliphatic heterocycles. The Hall–Kier alpha value is -3.12. The van der Waals surface area contributed by atoms with Crippen LogP contribution in [0.1, 0.15) is 47.2 Å². The van der Waals surface area contributed by atoms with Crippen molar-refractivity contribution in [1.29, 1.82) is 0 Å². The summed E-state index contributed by atoms with van der Waals surface area (Å²) in [6.07, 6.45) is 3.23. The highest BCUT2D eigenvalue weighted by Crippen LogP contribution is 2.56. The second-order valence-electron chi connectivity index (χ2n) is 8.06. The lowest BCUT2D eigenvalue weighted by Crippen LogP contribution is -1.96. The fourth-order valence-corrected chi connectivity index (χ4v) is 5.75. The molecule has 0 atom stereocenters. The highest BCUT2D eigenvalue weighted by atomic mass is 14.4. The van der Waals surface area contributed by atoms with Crippen LogP contribution < -0.4 is 0 Å². The van der Waals surface area contributed by atoms with Crippen LogP contribution in [0.5, 0.6) is 0 Å². The molecule has 0 heterocycles. The summed E-state index contributed by atoms with van der Waals surface area (Å²) in [6.45, 7) is 4.00. The highest BCUT2D eigenvalue weighted by Gasteiger charge is 2.36. The van der Waals surface area contributed by atoms with Gasteiger partial charge in [-0.15, -0.1) is 0 Å². The standard InChI is InChI=1S/C27H18.C2H6/c1-4-10-19-16(7-1)13-22-25(19)23-14-17-8-3-6-12-21(17)27(23)24-15-18-9-2-5-11-20(18)26(22)24;1-2/h1-12H,13-15H2;1-2H3. The van der Waals surface area contributed by atoms with Gasteiger partial charge in [0.2, 0.25) is 0 Å². The summed E-state index contributed by atoms with van der Waals surface area (Å²) in [5.74, 6) is 0. The second kappa shape index (κ2) is 6.19. The highest BCUT2D eigenvalue weighted by molar-refractivity contribution is 6.00. The molecule has 29 heavy (non-hydrogen) atoms. The minimum absolute atomic E-state index is 1.08. The molecule has 7 rings (SSSR count). The molecule has 0 nitrogen and oxygen atoms in total. The second-order valence-corrected chi connectivity index (χ2v) is 8.06. The molecule has 0 fully saturated rings. The zero-order chi connectivity index (χ0) is 19.5. The van der Waals surface area contributed by atoms with Crippen LogP contribution in [-0.2, 0) is 19.3 Å². The number of rotatable bonds is 0. The van der Waals surface area contributed by atoms with E-state index in [1.54, 1.807) is 16.7 Å². The third kappa shape index (κ3) is 2.15. The van der Waals surface area contributed by atoms with Crippen molar-refractivity contribution in [3.8, 4) is 33.4 Å². The maximum atomic E-state index is 2.33. The van der Waals surface area contributed by atoms with E-state index in [1.165, 1.54) is 50.1 Å². The molecular weight excluding hydrogens is 348 g/mol. The quantitative estimate of drug-likeness (QED) is 0.260. The molecule has 0 saturated heterocycles. The Morgan fingerprint density at radius 2 is 0.690 bits per heavy atom. The molecule has 4 aromatic carbocycles. The average molecular weight is 373 g/mol. The van der Waals surface area contributed by atoms with Crippen molar-refractivity contribution in [2.75, 3.05) is 0 Å². The van der Waals surface area contributed by atoms with Crippen LogP contribution in [0, 0.1) is 0 Å². The van der Waals surface area contributed by atoms with Crippen LogP contribution in [-0.4, -0.2) is 0 Å². The fourth-order valence-electron chi connectivity index (χ4n) is 5.75. The number of fused-ring (bicyclic) bond motifs is 12. The summed E-state index contributed by atoms with van der Waals surface area (Å²) in [6, 6.07) is 27.1. The molecule has 0 saturated carbocycles. The van der Waals surface area contributed by atoms with Crippen molar-refractivity contribution in [2.24, 2.45) is 0 Å². The van der Waals surface area contributed by atoms with Gasteiger partial charge in [0.25, 0.3) is 0 Å². The van der Waals surface area contributed by atoms with E-state index in [0.717, 1.165) is 19.3 Å². The van der Waals surface area contributed by atoms with Crippen molar-refractivity contribution >= 4 is 0 Å². The monoisotopic (exact) mass is 372 g/mol. The SMILES string of the molecule is CC.c1ccc2c(c1)Cc1c-2c2c(c3c1-c1ccccc1C3)-c1ccccc1C2. The number of benzene rings is 4. The van der Waals surface area contributed by atoms with Crippen molar-refractivity contribution in [3.05, 3.63) is 106 Å². The van der Waals surface area contributed by atoms with E-state index in [1.807, 2.05) is 13.8 Å². The molecule has 140 valence electrons. The maximum Gasteiger partial charge on any atom is -0.000706 e. The van der Waals surface area contributed by atoms with Gasteiger partial charge >= 0.3 is 0 Å². The van der Waals surface area contributed by atoms with Crippen LogP contribution in [0.3, 0.4) is 0 Å². The van der Waals surface area contributed by atoms with Crippen LogP contribution >= 0.6 is 0 Å². The molecular formula is C29H24. The van der Waals surface area contributed by atoms with Gasteiger partial charge in [0.05, 0.1) is 0 Å². The molecule has 0 N–H and O–H groups in total. The number of hydrogen-bond acceptors (Lipinski definition) is 0. The van der Waals surface area contributed by atoms with E-state index < -0.39 is 0 Å². The summed E-state index contributed by atoms with van der Waals surface area (Å²) < 4.78 is 0. The molecule has 0 radical (unpaired) electrons. The third-order valence-corrected chi connectivity index (χ3v) is 6.77. The summed E-state index contributed by atoms with van der Waals surface area (Å²) in [7, 11) is 0. The van der Waals surface area contributed by atoms with Crippen LogP contribution in [0.25, 0.3) is 33.4 Å². The Balaban J connectivity index is 0.000000803. The normalized spacial score (nSPS) is 13.4. The van der Waals surface area contributed by atoms with E-state index in [0.29, 0.717) is 0 Å². The van der Waals surface area contributed by atoms with E-state index in [-0.39, 0.29) is 0 Å². The average Bonchev–Trinajstić information content (AvgIpc) is 3.45. The van der Waals surface area contributed by atoms with Crippen molar-refractivity contribution in [2.45, 2.75) is 33.1 Å². The van der Waals surface area contributed by atoms with Gasteiger partial charge < -0.3 is 0 Å². The van der Waals surface area contributed by atoms with Gasteiger partial charge in [-0.1, -0.05) is 86.6 Å². The predicted molar refractivity (Wildman–Crippen MR) is 123 cm³/mol. The van der Waals surface area contributed by atoms with Gasteiger partial charge in [0, 0.05) is 0 Å². The van der Waals surface area contributed by atoms with Gasteiger partial charge in [-0.3, -0.25) is 0 Å². The fraction of sp³-hybridized carbons (Fsp3) is 0.172. The van der Waals surface area contributed by atoms with Crippen molar-refractivity contribution in [1.82, 2.24) is 0 Å². The van der Waals surface area contributed by atoms with Crippen LogP contribution in [0.15, 0.2) is 72.8 Å². The molecule has 3 aliphatic carbocycles. The Morgan fingerprint density at radius 3 is 1.00 bits per heavy atom. The predicted octanol–water partition coefficient (Wildman–Crippen LogP) is 7.43. The first-order valence-corrected chi connectivity index (χ1v) is 10.9. The van der Waals surface area contributed by atoms with Crippen LogP contribution in [0.2, 0.25) is 0 Å². The molecule has 3 aliphatic rings. The first-order valence-electron chi connectivity index (χ1n) is 10.9. The van der Waals surface area contributed by atoms with E-state index >= 15 is 0 Å². The summed E-state index contributed by atoms with van der Waals surface area (Å²) in [4.78, 5) is 0. The molecule has 4 aromatic rings. The molecule has 0 unspecified atom stereocenters. The largest absolute Gasteiger partial charge is 0.0683 e. The molecule has 0 spiro atoms. The lowest BCUT2D eigenvalue weighted by Gasteiger charge is -2.17. The molecule has 0 amide bonds. The van der Waals surface area contributed by atoms with E-state index in [9.17, 15) is 0 Å². The van der Waals surface area contributed by atoms with Gasteiger partial charge in [-0.05, 0) is 86.0 Å². The maximum absolute atomic E-state index is 2.33. The molecule has 0 aromatic heterocycles. The first kappa shape index (κ1) is 16.8. The smallest absolute Gasteiger partial charge is 0.000706 e. The third-order valence-electron chi connectivity index (χ3n) is 6.77. The summed E-state index contributed by atoms with van der Waals surface area (Å²) in [5, 5.41) is 0. The Bertz CT molecular complexity index is 1110. The Morgan fingerprint density at radius 1 is 0.414 bits per heavy atom. The minimum atomic E-state index is 1.08. The lowest BCUT2D eigenvalue weighted by atomic mass is 9.86. The lowest BCUT2D eigenvalue weighted by molar-refractivity contribution is 1.21. The molecule has 0 bridgehead atoms. The van der Waals surface area contributed by atoms with Crippen LogP contribution in [0.4, 0.5) is 0 Å². The summed E-state index contributed by atoms with van der Waals surface area (Å²) in [5.41, 5.74) is 18.2. The first-order chi connectivity index (χ1) is 14.4. The Kier molecular flexibility index (Phi) is 3.59.